The molecule has 3 rings (SSSR count). The molecular formula is C14H15F5N2. The molecule has 1 N–H and O–H groups in total. The van der Waals surface area contributed by atoms with Gasteiger partial charge < -0.3 is 5.32 Å². The Morgan fingerprint density at radius 2 is 1.38 bits per heavy atom. The third-order valence-electron chi connectivity index (χ3n) is 4.29. The van der Waals surface area contributed by atoms with Gasteiger partial charge in [0.15, 0.2) is 23.3 Å². The quantitative estimate of drug-likeness (QED) is 0.513. The van der Waals surface area contributed by atoms with E-state index in [1.165, 1.54) is 0 Å². The monoisotopic (exact) mass is 306 g/mol. The molecule has 2 aliphatic heterocycles. The van der Waals surface area contributed by atoms with Crippen molar-refractivity contribution in [3.8, 4) is 0 Å². The summed E-state index contributed by atoms with van der Waals surface area (Å²) in [6.45, 7) is 0.861. The highest BCUT2D eigenvalue weighted by atomic mass is 19.2. The molecular weight excluding hydrogens is 291 g/mol. The molecule has 2 nitrogen and oxygen atoms in total. The second-order valence-corrected chi connectivity index (χ2v) is 5.71. The average molecular weight is 306 g/mol. The molecule has 1 aromatic carbocycles. The fourth-order valence-electron chi connectivity index (χ4n) is 3.17. The third-order valence-corrected chi connectivity index (χ3v) is 4.29. The first-order valence-corrected chi connectivity index (χ1v) is 6.96. The van der Waals surface area contributed by atoms with Gasteiger partial charge in [-0.15, -0.1) is 0 Å². The Hall–Kier alpha value is -1.21. The number of hydrogen-bond donors (Lipinski definition) is 1. The smallest absolute Gasteiger partial charge is 0.200 e. The van der Waals surface area contributed by atoms with E-state index in [9.17, 15) is 22.0 Å². The van der Waals surface area contributed by atoms with Crippen LogP contribution in [0.4, 0.5) is 22.0 Å². The molecule has 2 atom stereocenters. The molecule has 0 aliphatic carbocycles. The van der Waals surface area contributed by atoms with E-state index >= 15 is 0 Å². The van der Waals surface area contributed by atoms with E-state index in [1.807, 2.05) is 0 Å². The van der Waals surface area contributed by atoms with Gasteiger partial charge in [-0.25, -0.2) is 22.0 Å². The molecule has 2 aliphatic rings. The molecule has 0 aromatic heterocycles. The van der Waals surface area contributed by atoms with Crippen molar-refractivity contribution in [2.75, 3.05) is 13.1 Å². The molecule has 7 heteroatoms. The van der Waals surface area contributed by atoms with E-state index in [4.69, 9.17) is 0 Å². The molecule has 2 bridgehead atoms. The van der Waals surface area contributed by atoms with Crippen molar-refractivity contribution < 1.29 is 22.0 Å². The van der Waals surface area contributed by atoms with E-state index in [2.05, 4.69) is 5.32 Å². The molecule has 116 valence electrons. The Labute approximate surface area is 118 Å². The van der Waals surface area contributed by atoms with Gasteiger partial charge in [0.1, 0.15) is 0 Å². The van der Waals surface area contributed by atoms with Crippen LogP contribution in [-0.2, 0) is 6.54 Å². The second-order valence-electron chi connectivity index (χ2n) is 5.71. The summed E-state index contributed by atoms with van der Waals surface area (Å²) in [4.78, 5) is 1.75. The molecule has 0 saturated carbocycles. The van der Waals surface area contributed by atoms with Crippen molar-refractivity contribution in [2.24, 2.45) is 0 Å². The predicted octanol–water partition coefficient (Wildman–Crippen LogP) is 2.71. The maximum absolute atomic E-state index is 13.7. The van der Waals surface area contributed by atoms with Crippen molar-refractivity contribution in [3.63, 3.8) is 0 Å². The summed E-state index contributed by atoms with van der Waals surface area (Å²) >= 11 is 0. The van der Waals surface area contributed by atoms with Gasteiger partial charge in [0, 0.05) is 37.3 Å². The van der Waals surface area contributed by atoms with Gasteiger partial charge in [-0.1, -0.05) is 0 Å². The maximum Gasteiger partial charge on any atom is 0.200 e. The van der Waals surface area contributed by atoms with Crippen LogP contribution in [0.2, 0.25) is 0 Å². The Morgan fingerprint density at radius 1 is 0.810 bits per heavy atom. The fraction of sp³-hybridized carbons (Fsp3) is 0.571. The first kappa shape index (κ1) is 14.7. The topological polar surface area (TPSA) is 15.3 Å². The number of nitrogens with one attached hydrogen (secondary N) is 1. The Kier molecular flexibility index (Phi) is 3.88. The first-order chi connectivity index (χ1) is 9.97. The van der Waals surface area contributed by atoms with Crippen LogP contribution in [0.1, 0.15) is 24.8 Å². The molecule has 0 radical (unpaired) electrons. The normalized spacial score (nSPS) is 26.1. The summed E-state index contributed by atoms with van der Waals surface area (Å²) in [5.41, 5.74) is -0.746. The summed E-state index contributed by atoms with van der Waals surface area (Å²) in [6.07, 6.45) is 2.85. The lowest BCUT2D eigenvalue weighted by molar-refractivity contribution is 0.239. The minimum absolute atomic E-state index is 0.221. The van der Waals surface area contributed by atoms with Gasteiger partial charge in [0.25, 0.3) is 0 Å². The molecule has 2 fully saturated rings. The highest BCUT2D eigenvalue weighted by molar-refractivity contribution is 5.24. The number of benzene rings is 1. The number of rotatable bonds is 2. The Balaban J connectivity index is 1.85. The van der Waals surface area contributed by atoms with Crippen LogP contribution in [0.3, 0.4) is 0 Å². The third kappa shape index (κ3) is 2.64. The SMILES string of the molecule is Fc1c(F)c(F)c(CN2CCC3CCC(C2)N3)c(F)c1F. The van der Waals surface area contributed by atoms with Crippen LogP contribution < -0.4 is 5.32 Å². The minimum Gasteiger partial charge on any atom is -0.310 e. The Bertz CT molecular complexity index is 534. The molecule has 2 heterocycles. The van der Waals surface area contributed by atoms with Crippen LogP contribution in [0, 0.1) is 29.1 Å². The molecule has 2 unspecified atom stereocenters. The number of fused-ring (bicyclic) bond motifs is 2. The summed E-state index contributed by atoms with van der Waals surface area (Å²) in [5.74, 6) is -9.32. The largest absolute Gasteiger partial charge is 0.310 e. The maximum atomic E-state index is 13.7. The van der Waals surface area contributed by atoms with Crippen molar-refractivity contribution in [2.45, 2.75) is 37.9 Å². The van der Waals surface area contributed by atoms with E-state index in [-0.39, 0.29) is 12.6 Å². The summed E-state index contributed by atoms with van der Waals surface area (Å²) in [5, 5.41) is 3.39. The highest BCUT2D eigenvalue weighted by Gasteiger charge is 2.31. The van der Waals surface area contributed by atoms with Gasteiger partial charge in [-0.3, -0.25) is 4.90 Å². The summed E-state index contributed by atoms with van der Waals surface area (Å²) in [6, 6.07) is 0.607. The first-order valence-electron chi connectivity index (χ1n) is 6.96. The zero-order chi connectivity index (χ0) is 15.1. The van der Waals surface area contributed by atoms with Crippen molar-refractivity contribution in [1.82, 2.24) is 10.2 Å². The van der Waals surface area contributed by atoms with Crippen LogP contribution in [0.5, 0.6) is 0 Å². The second kappa shape index (κ2) is 5.53. The van der Waals surface area contributed by atoms with E-state index < -0.39 is 34.6 Å². The number of nitrogens with zero attached hydrogens (tertiary/aromatic N) is 1. The van der Waals surface area contributed by atoms with Crippen molar-refractivity contribution >= 4 is 0 Å². The summed E-state index contributed by atoms with van der Waals surface area (Å²) < 4.78 is 66.8. The Morgan fingerprint density at radius 3 is 2.05 bits per heavy atom. The zero-order valence-electron chi connectivity index (χ0n) is 11.2. The lowest BCUT2D eigenvalue weighted by Gasteiger charge is -2.24. The highest BCUT2D eigenvalue weighted by Crippen LogP contribution is 2.26. The zero-order valence-corrected chi connectivity index (χ0v) is 11.2. The lowest BCUT2D eigenvalue weighted by Crippen LogP contribution is -2.35. The van der Waals surface area contributed by atoms with Crippen LogP contribution in [-0.4, -0.2) is 30.1 Å². The number of halogens is 5. The van der Waals surface area contributed by atoms with Gasteiger partial charge in [-0.2, -0.15) is 0 Å². The van der Waals surface area contributed by atoms with Crippen LogP contribution >= 0.6 is 0 Å². The van der Waals surface area contributed by atoms with Crippen LogP contribution in [0.15, 0.2) is 0 Å². The summed E-state index contributed by atoms with van der Waals surface area (Å²) in [7, 11) is 0. The predicted molar refractivity (Wildman–Crippen MR) is 66.1 cm³/mol. The van der Waals surface area contributed by atoms with E-state index in [0.29, 0.717) is 19.1 Å². The average Bonchev–Trinajstić information content (AvgIpc) is 2.81. The minimum atomic E-state index is -2.11. The van der Waals surface area contributed by atoms with E-state index in [1.54, 1.807) is 4.90 Å². The lowest BCUT2D eigenvalue weighted by atomic mass is 10.1. The number of hydrogen-bond acceptors (Lipinski definition) is 2. The van der Waals surface area contributed by atoms with Gasteiger partial charge in [0.05, 0.1) is 0 Å². The van der Waals surface area contributed by atoms with Gasteiger partial charge in [0.2, 0.25) is 5.82 Å². The molecule has 2 saturated heterocycles. The van der Waals surface area contributed by atoms with E-state index in [0.717, 1.165) is 19.3 Å². The van der Waals surface area contributed by atoms with Crippen LogP contribution in [0.25, 0.3) is 0 Å². The molecule has 0 spiro atoms. The molecule has 21 heavy (non-hydrogen) atoms. The van der Waals surface area contributed by atoms with Crippen molar-refractivity contribution in [1.29, 1.82) is 0 Å². The van der Waals surface area contributed by atoms with Gasteiger partial charge >= 0.3 is 0 Å². The van der Waals surface area contributed by atoms with Crippen molar-refractivity contribution in [3.05, 3.63) is 34.6 Å². The van der Waals surface area contributed by atoms with Gasteiger partial charge in [-0.05, 0) is 19.3 Å². The number of likely N-dealkylation sites (tertiary alicyclic amines) is 1. The molecule has 0 amide bonds. The molecule has 1 aromatic rings. The standard InChI is InChI=1S/C14H15F5N2/c15-10-9(11(16)13(18)14(19)12(10)17)6-21-4-3-7-1-2-8(5-21)20-7/h7-8,20H,1-6H2. The fourth-order valence-corrected chi connectivity index (χ4v) is 3.17.